The number of ether oxygens (including phenoxy) is 1. The van der Waals surface area contributed by atoms with Crippen LogP contribution in [0.2, 0.25) is 0 Å². The van der Waals surface area contributed by atoms with Crippen molar-refractivity contribution in [1.29, 1.82) is 0 Å². The SMILES string of the molecule is CN(CC1CO[C]=N1)c1ccc(F)cc1. The number of benzene rings is 1. The zero-order valence-corrected chi connectivity index (χ0v) is 8.48. The predicted octanol–water partition coefficient (Wildman–Crippen LogP) is 1.57. The van der Waals surface area contributed by atoms with Gasteiger partial charge in [-0.25, -0.2) is 9.38 Å². The third-order valence-electron chi connectivity index (χ3n) is 2.33. The molecule has 1 atom stereocenters. The highest BCUT2D eigenvalue weighted by atomic mass is 19.1. The van der Waals surface area contributed by atoms with Gasteiger partial charge in [-0.3, -0.25) is 0 Å². The third kappa shape index (κ3) is 2.46. The average molecular weight is 207 g/mol. The maximum Gasteiger partial charge on any atom is 0.273 e. The molecule has 0 spiro atoms. The summed E-state index contributed by atoms with van der Waals surface area (Å²) in [6.07, 6.45) is 2.48. The van der Waals surface area contributed by atoms with Crippen molar-refractivity contribution in [3.8, 4) is 0 Å². The van der Waals surface area contributed by atoms with Crippen molar-refractivity contribution in [2.24, 2.45) is 4.99 Å². The molecule has 0 aromatic heterocycles. The van der Waals surface area contributed by atoms with Gasteiger partial charge in [-0.05, 0) is 24.3 Å². The molecule has 1 aromatic carbocycles. The molecule has 2 rings (SSSR count). The number of nitrogens with zero attached hydrogens (tertiary/aromatic N) is 2. The van der Waals surface area contributed by atoms with Gasteiger partial charge in [-0.1, -0.05) is 0 Å². The minimum atomic E-state index is -0.220. The molecule has 1 aliphatic rings. The van der Waals surface area contributed by atoms with Crippen molar-refractivity contribution in [2.75, 3.05) is 25.1 Å². The Balaban J connectivity index is 1.97. The van der Waals surface area contributed by atoms with Crippen LogP contribution in [-0.4, -0.2) is 32.6 Å². The van der Waals surface area contributed by atoms with Crippen LogP contribution in [0.5, 0.6) is 0 Å². The third-order valence-corrected chi connectivity index (χ3v) is 2.33. The highest BCUT2D eigenvalue weighted by Crippen LogP contribution is 2.14. The largest absolute Gasteiger partial charge is 0.472 e. The van der Waals surface area contributed by atoms with Crippen molar-refractivity contribution in [1.82, 2.24) is 0 Å². The molecule has 0 amide bonds. The van der Waals surface area contributed by atoms with Gasteiger partial charge in [0.15, 0.2) is 0 Å². The van der Waals surface area contributed by atoms with Gasteiger partial charge in [0.2, 0.25) is 0 Å². The van der Waals surface area contributed by atoms with Crippen molar-refractivity contribution in [2.45, 2.75) is 6.04 Å². The Hall–Kier alpha value is -1.58. The summed E-state index contributed by atoms with van der Waals surface area (Å²) in [5.41, 5.74) is 0.971. The van der Waals surface area contributed by atoms with Crippen LogP contribution < -0.4 is 4.90 Å². The van der Waals surface area contributed by atoms with E-state index in [4.69, 9.17) is 4.74 Å². The van der Waals surface area contributed by atoms with E-state index >= 15 is 0 Å². The van der Waals surface area contributed by atoms with Gasteiger partial charge in [0.05, 0.1) is 0 Å². The number of anilines is 1. The summed E-state index contributed by atoms with van der Waals surface area (Å²) in [6, 6.07) is 6.52. The maximum atomic E-state index is 12.7. The molecular weight excluding hydrogens is 195 g/mol. The van der Waals surface area contributed by atoms with E-state index in [-0.39, 0.29) is 11.9 Å². The number of halogens is 1. The lowest BCUT2D eigenvalue weighted by Gasteiger charge is -2.20. The number of likely N-dealkylation sites (N-methyl/N-ethyl adjacent to an activating group) is 1. The molecule has 4 heteroatoms. The van der Waals surface area contributed by atoms with Crippen molar-refractivity contribution in [3.05, 3.63) is 30.1 Å². The van der Waals surface area contributed by atoms with Gasteiger partial charge >= 0.3 is 0 Å². The fourth-order valence-electron chi connectivity index (χ4n) is 1.49. The first-order chi connectivity index (χ1) is 7.25. The van der Waals surface area contributed by atoms with Crippen LogP contribution in [0.15, 0.2) is 29.3 Å². The predicted molar refractivity (Wildman–Crippen MR) is 56.8 cm³/mol. The zero-order chi connectivity index (χ0) is 10.7. The molecule has 0 aliphatic carbocycles. The average Bonchev–Trinajstić information content (AvgIpc) is 2.71. The molecule has 1 aliphatic heterocycles. The Morgan fingerprint density at radius 1 is 1.53 bits per heavy atom. The number of hydrogen-bond donors (Lipinski definition) is 0. The molecule has 1 heterocycles. The van der Waals surface area contributed by atoms with Gasteiger partial charge in [0.1, 0.15) is 18.5 Å². The first kappa shape index (κ1) is 9.96. The molecule has 3 nitrogen and oxygen atoms in total. The first-order valence-electron chi connectivity index (χ1n) is 4.79. The van der Waals surface area contributed by atoms with Gasteiger partial charge in [-0.2, -0.15) is 0 Å². The Bertz CT molecular complexity index is 350. The molecular formula is C11H12FN2O. The molecule has 1 aromatic rings. The Morgan fingerprint density at radius 2 is 2.27 bits per heavy atom. The van der Waals surface area contributed by atoms with Crippen molar-refractivity contribution >= 4 is 12.1 Å². The lowest BCUT2D eigenvalue weighted by Crippen LogP contribution is -2.28. The second kappa shape index (κ2) is 4.29. The second-order valence-corrected chi connectivity index (χ2v) is 3.54. The number of rotatable bonds is 3. The van der Waals surface area contributed by atoms with E-state index in [0.29, 0.717) is 6.61 Å². The number of hydrogen-bond acceptors (Lipinski definition) is 3. The van der Waals surface area contributed by atoms with Crippen LogP contribution in [0.4, 0.5) is 10.1 Å². The summed E-state index contributed by atoms with van der Waals surface area (Å²) < 4.78 is 17.6. The van der Waals surface area contributed by atoms with Gasteiger partial charge in [0.25, 0.3) is 6.40 Å². The monoisotopic (exact) mass is 207 g/mol. The number of aliphatic imine (C=N–C) groups is 1. The summed E-state index contributed by atoms with van der Waals surface area (Å²) in [7, 11) is 1.95. The summed E-state index contributed by atoms with van der Waals surface area (Å²) in [6.45, 7) is 1.32. The topological polar surface area (TPSA) is 24.8 Å². The minimum Gasteiger partial charge on any atom is -0.472 e. The van der Waals surface area contributed by atoms with Crippen LogP contribution >= 0.6 is 0 Å². The molecule has 1 unspecified atom stereocenters. The van der Waals surface area contributed by atoms with E-state index in [2.05, 4.69) is 11.4 Å². The summed E-state index contributed by atoms with van der Waals surface area (Å²) in [5.74, 6) is -0.220. The van der Waals surface area contributed by atoms with E-state index in [0.717, 1.165) is 12.2 Å². The highest BCUT2D eigenvalue weighted by Gasteiger charge is 2.15. The van der Waals surface area contributed by atoms with Crippen molar-refractivity contribution in [3.63, 3.8) is 0 Å². The Morgan fingerprint density at radius 3 is 2.87 bits per heavy atom. The Labute approximate surface area is 88.2 Å². The molecule has 1 radical (unpaired) electrons. The highest BCUT2D eigenvalue weighted by molar-refractivity contribution is 5.50. The van der Waals surface area contributed by atoms with E-state index in [1.54, 1.807) is 12.1 Å². The van der Waals surface area contributed by atoms with Crippen LogP contribution in [0.25, 0.3) is 0 Å². The van der Waals surface area contributed by atoms with E-state index in [9.17, 15) is 4.39 Å². The minimum absolute atomic E-state index is 0.125. The Kier molecular flexibility index (Phi) is 2.85. The molecule has 15 heavy (non-hydrogen) atoms. The molecule has 0 bridgehead atoms. The summed E-state index contributed by atoms with van der Waals surface area (Å²) >= 11 is 0. The standard InChI is InChI=1S/C11H12FN2O/c1-14(6-10-7-15-8-13-10)11-4-2-9(12)3-5-11/h2-5,10H,6-7H2,1H3. The van der Waals surface area contributed by atoms with Crippen LogP contribution in [0.1, 0.15) is 0 Å². The summed E-state index contributed by atoms with van der Waals surface area (Å²) in [5, 5.41) is 0. The fraction of sp³-hybridized carbons (Fsp3) is 0.364. The van der Waals surface area contributed by atoms with Crippen molar-refractivity contribution < 1.29 is 9.13 Å². The molecule has 0 saturated carbocycles. The maximum absolute atomic E-state index is 12.7. The van der Waals surface area contributed by atoms with E-state index < -0.39 is 0 Å². The molecule has 0 saturated heterocycles. The zero-order valence-electron chi connectivity index (χ0n) is 8.48. The van der Waals surface area contributed by atoms with Gasteiger partial charge in [-0.15, -0.1) is 0 Å². The molecule has 0 fully saturated rings. The normalized spacial score (nSPS) is 18.9. The van der Waals surface area contributed by atoms with Crippen LogP contribution in [-0.2, 0) is 4.74 Å². The second-order valence-electron chi connectivity index (χ2n) is 3.54. The molecule has 79 valence electrons. The van der Waals surface area contributed by atoms with Crippen LogP contribution in [0.3, 0.4) is 0 Å². The van der Waals surface area contributed by atoms with E-state index in [1.807, 2.05) is 11.9 Å². The van der Waals surface area contributed by atoms with Gasteiger partial charge < -0.3 is 9.64 Å². The molecule has 0 N–H and O–H groups in total. The van der Waals surface area contributed by atoms with Crippen LogP contribution in [0, 0.1) is 5.82 Å². The van der Waals surface area contributed by atoms with E-state index in [1.165, 1.54) is 12.1 Å². The lowest BCUT2D eigenvalue weighted by atomic mass is 10.2. The lowest BCUT2D eigenvalue weighted by molar-refractivity contribution is 0.329. The first-order valence-corrected chi connectivity index (χ1v) is 4.79. The van der Waals surface area contributed by atoms with Gasteiger partial charge in [0, 0.05) is 19.3 Å². The quantitative estimate of drug-likeness (QED) is 0.751. The summed E-state index contributed by atoms with van der Waals surface area (Å²) in [4.78, 5) is 6.05. The smallest absolute Gasteiger partial charge is 0.273 e. The fourth-order valence-corrected chi connectivity index (χ4v) is 1.49.